The maximum Gasteiger partial charge on any atom is 0.129 e. The molecule has 0 atom stereocenters. The Morgan fingerprint density at radius 3 is 2.88 bits per heavy atom. The molecule has 0 fully saturated rings. The molecule has 86 valence electrons. The summed E-state index contributed by atoms with van der Waals surface area (Å²) in [6.45, 7) is 1.74. The summed E-state index contributed by atoms with van der Waals surface area (Å²) in [5.74, 6) is 0.768. The van der Waals surface area contributed by atoms with E-state index in [9.17, 15) is 5.11 Å². The Bertz CT molecular complexity index is 392. The van der Waals surface area contributed by atoms with E-state index in [-0.39, 0.29) is 6.61 Å². The van der Waals surface area contributed by atoms with Crippen molar-refractivity contribution in [2.24, 2.45) is 4.99 Å². The Morgan fingerprint density at radius 1 is 1.31 bits per heavy atom. The molecule has 0 saturated heterocycles. The van der Waals surface area contributed by atoms with Crippen LogP contribution >= 0.6 is 15.9 Å². The zero-order valence-corrected chi connectivity index (χ0v) is 10.7. The molecule has 1 aliphatic heterocycles. The van der Waals surface area contributed by atoms with E-state index >= 15 is 0 Å². The summed E-state index contributed by atoms with van der Waals surface area (Å²) in [7, 11) is 0. The van der Waals surface area contributed by atoms with Gasteiger partial charge in [-0.3, -0.25) is 4.99 Å². The first-order chi connectivity index (χ1) is 7.83. The Labute approximate surface area is 104 Å². The van der Waals surface area contributed by atoms with Crippen LogP contribution in [0.2, 0.25) is 0 Å². The van der Waals surface area contributed by atoms with Crippen LogP contribution in [-0.2, 0) is 0 Å². The highest BCUT2D eigenvalue weighted by molar-refractivity contribution is 9.10. The van der Waals surface area contributed by atoms with E-state index < -0.39 is 0 Å². The Morgan fingerprint density at radius 2 is 2.12 bits per heavy atom. The smallest absolute Gasteiger partial charge is 0.129 e. The molecule has 1 N–H and O–H groups in total. The number of hydrogen-bond donors (Lipinski definition) is 1. The van der Waals surface area contributed by atoms with Crippen molar-refractivity contribution in [1.29, 1.82) is 0 Å². The van der Waals surface area contributed by atoms with Gasteiger partial charge in [0.05, 0.1) is 5.69 Å². The Hall–Kier alpha value is -0.870. The first kappa shape index (κ1) is 11.6. The van der Waals surface area contributed by atoms with Crippen molar-refractivity contribution in [2.45, 2.75) is 12.8 Å². The van der Waals surface area contributed by atoms with E-state index in [1.54, 1.807) is 0 Å². The van der Waals surface area contributed by atoms with E-state index in [1.807, 2.05) is 24.3 Å². The number of benzene rings is 1. The van der Waals surface area contributed by atoms with Gasteiger partial charge in [-0.25, -0.2) is 0 Å². The number of rotatable bonds is 2. The van der Waals surface area contributed by atoms with Crippen molar-refractivity contribution < 1.29 is 5.11 Å². The second kappa shape index (κ2) is 5.46. The standard InChI is InChI=1S/C12H15BrN2O/c13-10-5-1-2-6-11(10)15-8-4-3-7-14-12(15)9-16/h1-2,5-6,16H,3-4,7-9H2. The third-order valence-corrected chi connectivity index (χ3v) is 3.35. The summed E-state index contributed by atoms with van der Waals surface area (Å²) in [5, 5.41) is 9.35. The molecule has 0 aromatic heterocycles. The monoisotopic (exact) mass is 282 g/mol. The van der Waals surface area contributed by atoms with Gasteiger partial charge < -0.3 is 10.0 Å². The van der Waals surface area contributed by atoms with Gasteiger partial charge >= 0.3 is 0 Å². The fourth-order valence-corrected chi connectivity index (χ4v) is 2.37. The number of anilines is 1. The van der Waals surface area contributed by atoms with Crippen LogP contribution in [0.15, 0.2) is 33.7 Å². The Kier molecular flexibility index (Phi) is 3.96. The summed E-state index contributed by atoms with van der Waals surface area (Å²) >= 11 is 3.54. The molecule has 0 bridgehead atoms. The van der Waals surface area contributed by atoms with Crippen LogP contribution in [0.1, 0.15) is 12.8 Å². The van der Waals surface area contributed by atoms with Crippen molar-refractivity contribution >= 4 is 27.5 Å². The molecule has 0 aliphatic carbocycles. The molecule has 3 nitrogen and oxygen atoms in total. The second-order valence-electron chi connectivity index (χ2n) is 3.77. The number of aliphatic hydroxyl groups excluding tert-OH is 1. The molecule has 0 amide bonds. The number of para-hydroxylation sites is 1. The summed E-state index contributed by atoms with van der Waals surface area (Å²) < 4.78 is 1.04. The number of hydrogen-bond acceptors (Lipinski definition) is 3. The summed E-state index contributed by atoms with van der Waals surface area (Å²) in [5.41, 5.74) is 1.08. The van der Waals surface area contributed by atoms with Gasteiger partial charge in [-0.05, 0) is 40.9 Å². The molecule has 0 spiro atoms. The van der Waals surface area contributed by atoms with E-state index in [2.05, 4.69) is 25.8 Å². The van der Waals surface area contributed by atoms with Crippen molar-refractivity contribution in [2.75, 3.05) is 24.6 Å². The predicted octanol–water partition coefficient (Wildman–Crippen LogP) is 2.44. The zero-order valence-electron chi connectivity index (χ0n) is 9.06. The van der Waals surface area contributed by atoms with E-state index in [4.69, 9.17) is 0 Å². The zero-order chi connectivity index (χ0) is 11.4. The lowest BCUT2D eigenvalue weighted by Crippen LogP contribution is -2.33. The van der Waals surface area contributed by atoms with Crippen LogP contribution in [0.25, 0.3) is 0 Å². The van der Waals surface area contributed by atoms with Crippen molar-refractivity contribution in [3.8, 4) is 0 Å². The van der Waals surface area contributed by atoms with E-state index in [0.29, 0.717) is 0 Å². The van der Waals surface area contributed by atoms with Crippen LogP contribution in [0, 0.1) is 0 Å². The van der Waals surface area contributed by atoms with Gasteiger partial charge in [0.15, 0.2) is 0 Å². The molecule has 0 saturated carbocycles. The highest BCUT2D eigenvalue weighted by atomic mass is 79.9. The molecular weight excluding hydrogens is 268 g/mol. The Balaban J connectivity index is 2.33. The summed E-state index contributed by atoms with van der Waals surface area (Å²) in [4.78, 5) is 6.51. The summed E-state index contributed by atoms with van der Waals surface area (Å²) in [6.07, 6.45) is 2.19. The molecule has 1 aliphatic rings. The molecule has 1 heterocycles. The fourth-order valence-electron chi connectivity index (χ4n) is 1.87. The lowest BCUT2D eigenvalue weighted by Gasteiger charge is -2.24. The van der Waals surface area contributed by atoms with Crippen molar-refractivity contribution in [3.05, 3.63) is 28.7 Å². The van der Waals surface area contributed by atoms with Crippen molar-refractivity contribution in [3.63, 3.8) is 0 Å². The van der Waals surface area contributed by atoms with Crippen LogP contribution in [0.4, 0.5) is 5.69 Å². The molecule has 16 heavy (non-hydrogen) atoms. The third kappa shape index (κ3) is 2.44. The van der Waals surface area contributed by atoms with Gasteiger partial charge in [0.1, 0.15) is 12.4 Å². The predicted molar refractivity (Wildman–Crippen MR) is 70.1 cm³/mol. The van der Waals surface area contributed by atoms with Crippen LogP contribution in [0.5, 0.6) is 0 Å². The highest BCUT2D eigenvalue weighted by Crippen LogP contribution is 2.27. The normalized spacial score (nSPS) is 16.9. The van der Waals surface area contributed by atoms with Gasteiger partial charge in [0.25, 0.3) is 0 Å². The largest absolute Gasteiger partial charge is 0.388 e. The molecule has 1 aromatic carbocycles. The third-order valence-electron chi connectivity index (χ3n) is 2.68. The maximum atomic E-state index is 9.35. The van der Waals surface area contributed by atoms with Gasteiger partial charge in [-0.15, -0.1) is 0 Å². The van der Waals surface area contributed by atoms with Crippen LogP contribution in [-0.4, -0.2) is 30.6 Å². The molecule has 4 heteroatoms. The molecule has 1 aromatic rings. The van der Waals surface area contributed by atoms with Gasteiger partial charge in [-0.1, -0.05) is 12.1 Å². The number of halogens is 1. The average molecular weight is 283 g/mol. The topological polar surface area (TPSA) is 35.8 Å². The van der Waals surface area contributed by atoms with Crippen LogP contribution in [0.3, 0.4) is 0 Å². The van der Waals surface area contributed by atoms with E-state index in [0.717, 1.165) is 41.9 Å². The first-order valence-electron chi connectivity index (χ1n) is 5.49. The fraction of sp³-hybridized carbons (Fsp3) is 0.417. The molecular formula is C12H15BrN2O. The van der Waals surface area contributed by atoms with Gasteiger partial charge in [0, 0.05) is 17.6 Å². The quantitative estimate of drug-likeness (QED) is 0.905. The molecule has 0 radical (unpaired) electrons. The van der Waals surface area contributed by atoms with Gasteiger partial charge in [0.2, 0.25) is 0 Å². The lowest BCUT2D eigenvalue weighted by atomic mass is 10.2. The van der Waals surface area contributed by atoms with Crippen molar-refractivity contribution in [1.82, 2.24) is 0 Å². The number of nitrogens with zero attached hydrogens (tertiary/aromatic N) is 2. The molecule has 0 unspecified atom stereocenters. The molecule has 2 rings (SSSR count). The lowest BCUT2D eigenvalue weighted by molar-refractivity contribution is 0.355. The number of aliphatic imine (C=N–C) groups is 1. The average Bonchev–Trinajstić information content (AvgIpc) is 2.54. The SMILES string of the molecule is OCC1=NCCCCN1c1ccccc1Br. The van der Waals surface area contributed by atoms with Gasteiger partial charge in [-0.2, -0.15) is 0 Å². The number of aliphatic hydroxyl groups is 1. The first-order valence-corrected chi connectivity index (χ1v) is 6.28. The van der Waals surface area contributed by atoms with E-state index in [1.165, 1.54) is 0 Å². The summed E-state index contributed by atoms with van der Waals surface area (Å²) in [6, 6.07) is 8.04. The minimum atomic E-state index is 0.00132. The number of amidine groups is 1. The maximum absolute atomic E-state index is 9.35. The van der Waals surface area contributed by atoms with Crippen LogP contribution < -0.4 is 4.90 Å². The minimum Gasteiger partial charge on any atom is -0.388 e. The second-order valence-corrected chi connectivity index (χ2v) is 4.62. The highest BCUT2D eigenvalue weighted by Gasteiger charge is 2.16. The minimum absolute atomic E-state index is 0.00132.